The first-order valence-corrected chi connectivity index (χ1v) is 8.86. The molecule has 0 radical (unpaired) electrons. The highest BCUT2D eigenvalue weighted by atomic mass is 35.5. The highest BCUT2D eigenvalue weighted by Gasteiger charge is 2.24. The van der Waals surface area contributed by atoms with Crippen molar-refractivity contribution >= 4 is 23.2 Å². The number of benzene rings is 2. The largest absolute Gasteiger partial charge is 0.496 e. The van der Waals surface area contributed by atoms with Crippen molar-refractivity contribution in [2.24, 2.45) is 0 Å². The highest BCUT2D eigenvalue weighted by Crippen LogP contribution is 2.33. The Balaban J connectivity index is 1.77. The molecule has 1 aliphatic heterocycles. The van der Waals surface area contributed by atoms with Gasteiger partial charge in [-0.25, -0.2) is 0 Å². The number of rotatable bonds is 5. The Hall–Kier alpha value is -1.46. The number of morpholine rings is 1. The Bertz CT molecular complexity index is 716. The Morgan fingerprint density at radius 2 is 1.80 bits per heavy atom. The fourth-order valence-electron chi connectivity index (χ4n) is 3.07. The number of ether oxygens (including phenoxy) is 3. The minimum absolute atomic E-state index is 0.0378. The van der Waals surface area contributed by atoms with E-state index >= 15 is 0 Å². The van der Waals surface area contributed by atoms with E-state index in [0.29, 0.717) is 16.7 Å². The molecule has 134 valence electrons. The van der Waals surface area contributed by atoms with E-state index in [2.05, 4.69) is 4.90 Å². The number of nitrogens with zero attached hydrogens (tertiary/aromatic N) is 1. The van der Waals surface area contributed by atoms with E-state index in [1.807, 2.05) is 36.4 Å². The molecule has 4 nitrogen and oxygen atoms in total. The Morgan fingerprint density at radius 3 is 2.44 bits per heavy atom. The highest BCUT2D eigenvalue weighted by molar-refractivity contribution is 6.42. The summed E-state index contributed by atoms with van der Waals surface area (Å²) in [7, 11) is 3.35. The lowest BCUT2D eigenvalue weighted by Gasteiger charge is -2.33. The van der Waals surface area contributed by atoms with E-state index in [9.17, 15) is 0 Å². The van der Waals surface area contributed by atoms with Gasteiger partial charge in [0.1, 0.15) is 11.5 Å². The fraction of sp³-hybridized carbons (Fsp3) is 0.368. The van der Waals surface area contributed by atoms with Gasteiger partial charge >= 0.3 is 0 Å². The maximum Gasteiger partial charge on any atom is 0.127 e. The lowest BCUT2D eigenvalue weighted by atomic mass is 10.1. The second-order valence-corrected chi connectivity index (χ2v) is 6.72. The molecule has 0 bridgehead atoms. The SMILES string of the molecule is COc1cccc(OC)c1CN1CCO[C@H](c2ccc(Cl)c(Cl)c2)C1. The van der Waals surface area contributed by atoms with Gasteiger partial charge in [-0.05, 0) is 29.8 Å². The first kappa shape index (κ1) is 18.3. The fourth-order valence-corrected chi connectivity index (χ4v) is 3.37. The van der Waals surface area contributed by atoms with Gasteiger partial charge < -0.3 is 14.2 Å². The molecule has 1 fully saturated rings. The van der Waals surface area contributed by atoms with Gasteiger partial charge in [-0.1, -0.05) is 35.3 Å². The molecule has 2 aromatic rings. The van der Waals surface area contributed by atoms with Crippen molar-refractivity contribution in [2.45, 2.75) is 12.6 Å². The summed E-state index contributed by atoms with van der Waals surface area (Å²) in [6.45, 7) is 2.99. The first-order valence-electron chi connectivity index (χ1n) is 8.11. The molecule has 1 saturated heterocycles. The Kier molecular flexibility index (Phi) is 6.07. The summed E-state index contributed by atoms with van der Waals surface area (Å²) in [5.74, 6) is 1.66. The van der Waals surface area contributed by atoms with Crippen molar-refractivity contribution in [3.05, 3.63) is 57.6 Å². The molecule has 1 aliphatic rings. The summed E-state index contributed by atoms with van der Waals surface area (Å²) in [6.07, 6.45) is -0.0378. The van der Waals surface area contributed by atoms with Gasteiger partial charge in [0, 0.05) is 19.6 Å². The van der Waals surface area contributed by atoms with Crippen LogP contribution in [-0.4, -0.2) is 38.8 Å². The zero-order valence-corrected chi connectivity index (χ0v) is 15.8. The standard InChI is InChI=1S/C19H21Cl2NO3/c1-23-17-4-3-5-18(24-2)14(17)11-22-8-9-25-19(12-22)13-6-7-15(20)16(21)10-13/h3-7,10,19H,8-9,11-12H2,1-2H3/t19-/m0/s1. The zero-order valence-electron chi connectivity index (χ0n) is 14.3. The third-order valence-corrected chi connectivity index (χ3v) is 5.12. The molecule has 0 unspecified atom stereocenters. The molecule has 1 heterocycles. The maximum atomic E-state index is 6.14. The van der Waals surface area contributed by atoms with Gasteiger partial charge in [-0.15, -0.1) is 0 Å². The van der Waals surface area contributed by atoms with Crippen LogP contribution in [0.25, 0.3) is 0 Å². The predicted octanol–water partition coefficient (Wildman–Crippen LogP) is 4.58. The van der Waals surface area contributed by atoms with Gasteiger partial charge in [-0.2, -0.15) is 0 Å². The van der Waals surface area contributed by atoms with E-state index in [1.54, 1.807) is 14.2 Å². The molecule has 0 N–H and O–H groups in total. The smallest absolute Gasteiger partial charge is 0.127 e. The molecule has 0 aliphatic carbocycles. The van der Waals surface area contributed by atoms with E-state index < -0.39 is 0 Å². The van der Waals surface area contributed by atoms with Gasteiger partial charge in [0.25, 0.3) is 0 Å². The van der Waals surface area contributed by atoms with Gasteiger partial charge in [0.05, 0.1) is 42.5 Å². The van der Waals surface area contributed by atoms with Crippen molar-refractivity contribution in [3.8, 4) is 11.5 Å². The summed E-state index contributed by atoms with van der Waals surface area (Å²) >= 11 is 12.2. The van der Waals surface area contributed by atoms with Crippen LogP contribution >= 0.6 is 23.2 Å². The Labute approximate surface area is 158 Å². The van der Waals surface area contributed by atoms with Crippen LogP contribution in [0, 0.1) is 0 Å². The molecule has 6 heteroatoms. The Morgan fingerprint density at radius 1 is 1.08 bits per heavy atom. The van der Waals surface area contributed by atoms with Crippen molar-refractivity contribution in [1.29, 1.82) is 0 Å². The molecular weight excluding hydrogens is 361 g/mol. The summed E-state index contributed by atoms with van der Waals surface area (Å²) in [5.41, 5.74) is 2.08. The quantitative estimate of drug-likeness (QED) is 0.757. The molecule has 0 saturated carbocycles. The minimum Gasteiger partial charge on any atom is -0.496 e. The normalized spacial score (nSPS) is 18.2. The number of hydrogen-bond donors (Lipinski definition) is 0. The second kappa shape index (κ2) is 8.28. The van der Waals surface area contributed by atoms with Crippen LogP contribution in [0.4, 0.5) is 0 Å². The average Bonchev–Trinajstić information content (AvgIpc) is 2.64. The van der Waals surface area contributed by atoms with Crippen LogP contribution in [0.3, 0.4) is 0 Å². The van der Waals surface area contributed by atoms with Crippen LogP contribution < -0.4 is 9.47 Å². The molecule has 0 spiro atoms. The number of halogens is 2. The topological polar surface area (TPSA) is 30.9 Å². The van der Waals surface area contributed by atoms with E-state index in [1.165, 1.54) is 0 Å². The summed E-state index contributed by atoms with van der Waals surface area (Å²) in [5, 5.41) is 1.10. The number of methoxy groups -OCH3 is 2. The molecule has 0 amide bonds. The lowest BCUT2D eigenvalue weighted by molar-refractivity contribution is -0.0332. The van der Waals surface area contributed by atoms with Crippen molar-refractivity contribution in [2.75, 3.05) is 33.9 Å². The summed E-state index contributed by atoms with van der Waals surface area (Å²) < 4.78 is 16.9. The molecule has 3 rings (SSSR count). The van der Waals surface area contributed by atoms with Crippen molar-refractivity contribution < 1.29 is 14.2 Å². The van der Waals surface area contributed by atoms with Crippen molar-refractivity contribution in [3.63, 3.8) is 0 Å². The van der Waals surface area contributed by atoms with E-state index in [0.717, 1.165) is 42.3 Å². The molecule has 0 aromatic heterocycles. The van der Waals surface area contributed by atoms with Crippen LogP contribution in [0.2, 0.25) is 10.0 Å². The van der Waals surface area contributed by atoms with E-state index in [-0.39, 0.29) is 6.10 Å². The van der Waals surface area contributed by atoms with Crippen LogP contribution in [-0.2, 0) is 11.3 Å². The molecular formula is C19H21Cl2NO3. The maximum absolute atomic E-state index is 6.14. The third kappa shape index (κ3) is 4.21. The van der Waals surface area contributed by atoms with Gasteiger partial charge in [0.15, 0.2) is 0 Å². The minimum atomic E-state index is -0.0378. The first-order chi connectivity index (χ1) is 12.1. The van der Waals surface area contributed by atoms with Gasteiger partial charge in [-0.3, -0.25) is 4.90 Å². The molecule has 1 atom stereocenters. The van der Waals surface area contributed by atoms with Crippen LogP contribution in [0.5, 0.6) is 11.5 Å². The predicted molar refractivity (Wildman–Crippen MR) is 100.0 cm³/mol. The molecule has 2 aromatic carbocycles. The van der Waals surface area contributed by atoms with Crippen LogP contribution in [0.1, 0.15) is 17.2 Å². The summed E-state index contributed by atoms with van der Waals surface area (Å²) in [6, 6.07) is 11.5. The summed E-state index contributed by atoms with van der Waals surface area (Å²) in [4.78, 5) is 2.33. The van der Waals surface area contributed by atoms with Gasteiger partial charge in [0.2, 0.25) is 0 Å². The average molecular weight is 382 g/mol. The van der Waals surface area contributed by atoms with E-state index in [4.69, 9.17) is 37.4 Å². The lowest BCUT2D eigenvalue weighted by Crippen LogP contribution is -2.38. The monoisotopic (exact) mass is 381 g/mol. The molecule has 25 heavy (non-hydrogen) atoms. The third-order valence-electron chi connectivity index (χ3n) is 4.38. The number of hydrogen-bond acceptors (Lipinski definition) is 4. The van der Waals surface area contributed by atoms with Crippen molar-refractivity contribution in [1.82, 2.24) is 4.90 Å². The van der Waals surface area contributed by atoms with Crippen LogP contribution in [0.15, 0.2) is 36.4 Å². The zero-order chi connectivity index (χ0) is 17.8. The second-order valence-electron chi connectivity index (χ2n) is 5.91.